The van der Waals surface area contributed by atoms with Gasteiger partial charge in [-0.05, 0) is 9.91 Å². The molecule has 4 N–H and O–H groups in total. The van der Waals surface area contributed by atoms with Crippen molar-refractivity contribution in [3.05, 3.63) is 21.9 Å². The molecular formula is C6H6F2N4O2. The second-order valence-corrected chi connectivity index (χ2v) is 2.43. The quantitative estimate of drug-likeness (QED) is 0.553. The van der Waals surface area contributed by atoms with Gasteiger partial charge in [-0.25, -0.2) is 8.78 Å². The number of hydrogen-bond acceptors (Lipinski definition) is 5. The molecule has 14 heavy (non-hydrogen) atoms. The SMILES string of the molecule is Nc1cc(C(F)F)nc([N+](=O)[O-])c1N. The zero-order valence-electron chi connectivity index (χ0n) is 6.78. The van der Waals surface area contributed by atoms with Crippen molar-refractivity contribution < 1.29 is 13.7 Å². The Labute approximate surface area is 76.7 Å². The van der Waals surface area contributed by atoms with Crippen molar-refractivity contribution >= 4 is 17.2 Å². The van der Waals surface area contributed by atoms with Crippen LogP contribution in [-0.4, -0.2) is 9.91 Å². The van der Waals surface area contributed by atoms with E-state index in [0.717, 1.165) is 6.07 Å². The van der Waals surface area contributed by atoms with E-state index in [4.69, 9.17) is 11.5 Å². The van der Waals surface area contributed by atoms with E-state index in [1.165, 1.54) is 0 Å². The van der Waals surface area contributed by atoms with E-state index in [2.05, 4.69) is 4.98 Å². The first-order chi connectivity index (χ1) is 6.43. The Kier molecular flexibility index (Phi) is 2.45. The molecule has 1 aromatic heterocycles. The molecule has 6 nitrogen and oxygen atoms in total. The van der Waals surface area contributed by atoms with Gasteiger partial charge in [0.05, 0.1) is 5.69 Å². The summed E-state index contributed by atoms with van der Waals surface area (Å²) in [5, 5.41) is 10.3. The van der Waals surface area contributed by atoms with E-state index in [1.807, 2.05) is 0 Å². The number of hydrogen-bond donors (Lipinski definition) is 2. The molecule has 1 heterocycles. The lowest BCUT2D eigenvalue weighted by atomic mass is 10.3. The van der Waals surface area contributed by atoms with Gasteiger partial charge in [0.2, 0.25) is 5.69 Å². The third-order valence-corrected chi connectivity index (χ3v) is 1.49. The minimum Gasteiger partial charge on any atom is -0.397 e. The van der Waals surface area contributed by atoms with E-state index >= 15 is 0 Å². The molecule has 0 amide bonds. The Hall–Kier alpha value is -1.99. The zero-order chi connectivity index (χ0) is 10.9. The van der Waals surface area contributed by atoms with Crippen molar-refractivity contribution in [2.75, 3.05) is 11.5 Å². The van der Waals surface area contributed by atoms with E-state index < -0.39 is 28.5 Å². The molecule has 1 rings (SSSR count). The minimum absolute atomic E-state index is 0.276. The van der Waals surface area contributed by atoms with E-state index in [1.54, 1.807) is 0 Å². The first kappa shape index (κ1) is 10.1. The molecule has 0 saturated heterocycles. The fourth-order valence-electron chi connectivity index (χ4n) is 0.832. The molecule has 76 valence electrons. The summed E-state index contributed by atoms with van der Waals surface area (Å²) < 4.78 is 24.3. The number of nitrogens with two attached hydrogens (primary N) is 2. The zero-order valence-corrected chi connectivity index (χ0v) is 6.78. The molecule has 0 unspecified atom stereocenters. The lowest BCUT2D eigenvalue weighted by Gasteiger charge is -2.02. The summed E-state index contributed by atoms with van der Waals surface area (Å²) in [5.74, 6) is -0.847. The van der Waals surface area contributed by atoms with Gasteiger partial charge in [0.1, 0.15) is 0 Å². The van der Waals surface area contributed by atoms with Crippen LogP contribution in [0.5, 0.6) is 0 Å². The summed E-state index contributed by atoms with van der Waals surface area (Å²) in [6, 6.07) is 0.812. The second kappa shape index (κ2) is 3.40. The predicted octanol–water partition coefficient (Wildman–Crippen LogP) is 1.09. The molecule has 0 radical (unpaired) electrons. The molecule has 0 aliphatic carbocycles. The number of anilines is 2. The number of nitrogen functional groups attached to an aromatic ring is 2. The molecule has 8 heteroatoms. The van der Waals surface area contributed by atoms with Gasteiger partial charge >= 0.3 is 12.2 Å². The molecule has 0 aliphatic rings. The van der Waals surface area contributed by atoms with Crippen LogP contribution in [0.4, 0.5) is 26.0 Å². The summed E-state index contributed by atoms with van der Waals surface area (Å²) in [6.45, 7) is 0. The smallest absolute Gasteiger partial charge is 0.389 e. The van der Waals surface area contributed by atoms with E-state index in [-0.39, 0.29) is 5.69 Å². The van der Waals surface area contributed by atoms with Crippen molar-refractivity contribution in [2.45, 2.75) is 6.43 Å². The highest BCUT2D eigenvalue weighted by Crippen LogP contribution is 2.29. The van der Waals surface area contributed by atoms with Crippen molar-refractivity contribution in [3.63, 3.8) is 0 Å². The van der Waals surface area contributed by atoms with Crippen molar-refractivity contribution in [1.29, 1.82) is 0 Å². The van der Waals surface area contributed by atoms with Gasteiger partial charge in [0.15, 0.2) is 5.69 Å². The number of nitro groups is 1. The number of rotatable bonds is 2. The topological polar surface area (TPSA) is 108 Å². The summed E-state index contributed by atoms with van der Waals surface area (Å²) in [6.07, 6.45) is -2.92. The van der Waals surface area contributed by atoms with Crippen LogP contribution in [-0.2, 0) is 0 Å². The molecular weight excluding hydrogens is 198 g/mol. The number of pyridine rings is 1. The number of alkyl halides is 2. The van der Waals surface area contributed by atoms with Crippen LogP contribution in [0.2, 0.25) is 0 Å². The lowest BCUT2D eigenvalue weighted by molar-refractivity contribution is -0.388. The third kappa shape index (κ3) is 1.68. The first-order valence-electron chi connectivity index (χ1n) is 3.42. The fourth-order valence-corrected chi connectivity index (χ4v) is 0.832. The van der Waals surface area contributed by atoms with Gasteiger partial charge in [-0.2, -0.15) is 0 Å². The summed E-state index contributed by atoms with van der Waals surface area (Å²) in [4.78, 5) is 12.4. The summed E-state index contributed by atoms with van der Waals surface area (Å²) in [5.41, 5.74) is 8.93. The Morgan fingerprint density at radius 2 is 2.07 bits per heavy atom. The van der Waals surface area contributed by atoms with Crippen molar-refractivity contribution in [2.24, 2.45) is 0 Å². The van der Waals surface area contributed by atoms with Gasteiger partial charge in [0.25, 0.3) is 0 Å². The van der Waals surface area contributed by atoms with Gasteiger partial charge in [0, 0.05) is 6.07 Å². The molecule has 0 saturated carbocycles. The number of aromatic nitrogens is 1. The Bertz CT molecular complexity index is 382. The maximum atomic E-state index is 12.1. The fraction of sp³-hybridized carbons (Fsp3) is 0.167. The maximum absolute atomic E-state index is 12.1. The normalized spacial score (nSPS) is 10.5. The standard InChI is InChI=1S/C6H6F2N4O2/c7-5(8)3-1-2(9)4(10)6(11-3)12(13)14/h1,5H,10H2,(H2,9,11). The Balaban J connectivity index is 3.35. The third-order valence-electron chi connectivity index (χ3n) is 1.49. The number of nitrogens with zero attached hydrogens (tertiary/aromatic N) is 2. The van der Waals surface area contributed by atoms with Crippen LogP contribution in [0.1, 0.15) is 12.1 Å². The minimum atomic E-state index is -2.92. The Morgan fingerprint density at radius 1 is 1.50 bits per heavy atom. The molecule has 0 bridgehead atoms. The van der Waals surface area contributed by atoms with Crippen LogP contribution in [0, 0.1) is 10.1 Å². The van der Waals surface area contributed by atoms with Gasteiger partial charge in [-0.15, -0.1) is 0 Å². The molecule has 0 atom stereocenters. The van der Waals surface area contributed by atoms with E-state index in [9.17, 15) is 18.9 Å². The largest absolute Gasteiger partial charge is 0.397 e. The first-order valence-corrected chi connectivity index (χ1v) is 3.42. The molecule has 0 aliphatic heterocycles. The average Bonchev–Trinajstić information content (AvgIpc) is 2.08. The second-order valence-electron chi connectivity index (χ2n) is 2.43. The predicted molar refractivity (Wildman–Crippen MR) is 44.7 cm³/mol. The molecule has 0 spiro atoms. The molecule has 0 fully saturated rings. The van der Waals surface area contributed by atoms with E-state index in [0.29, 0.717) is 0 Å². The molecule has 1 aromatic rings. The van der Waals surface area contributed by atoms with Crippen LogP contribution in [0.3, 0.4) is 0 Å². The Morgan fingerprint density at radius 3 is 2.50 bits per heavy atom. The summed E-state index contributed by atoms with van der Waals surface area (Å²) in [7, 11) is 0. The average molecular weight is 204 g/mol. The monoisotopic (exact) mass is 204 g/mol. The number of halogens is 2. The van der Waals surface area contributed by atoms with Crippen molar-refractivity contribution in [1.82, 2.24) is 4.98 Å². The van der Waals surface area contributed by atoms with Gasteiger partial charge in [-0.3, -0.25) is 0 Å². The maximum Gasteiger partial charge on any atom is 0.389 e. The van der Waals surface area contributed by atoms with Crippen LogP contribution in [0.15, 0.2) is 6.07 Å². The van der Waals surface area contributed by atoms with Gasteiger partial charge in [-0.1, -0.05) is 0 Å². The van der Waals surface area contributed by atoms with Gasteiger partial charge < -0.3 is 21.6 Å². The van der Waals surface area contributed by atoms with Crippen LogP contribution < -0.4 is 11.5 Å². The molecule has 0 aromatic carbocycles. The van der Waals surface area contributed by atoms with Crippen LogP contribution >= 0.6 is 0 Å². The van der Waals surface area contributed by atoms with Crippen molar-refractivity contribution in [3.8, 4) is 0 Å². The highest BCUT2D eigenvalue weighted by Gasteiger charge is 2.23. The highest BCUT2D eigenvalue weighted by molar-refractivity contribution is 5.71. The lowest BCUT2D eigenvalue weighted by Crippen LogP contribution is -2.05. The van der Waals surface area contributed by atoms with Crippen LogP contribution in [0.25, 0.3) is 0 Å². The highest BCUT2D eigenvalue weighted by atomic mass is 19.3. The summed E-state index contributed by atoms with van der Waals surface area (Å²) >= 11 is 0.